The molecule has 5 heteroatoms. The maximum atomic E-state index is 10.6. The first-order valence-electron chi connectivity index (χ1n) is 5.83. The Morgan fingerprint density at radius 2 is 2.41 bits per heavy atom. The van der Waals surface area contributed by atoms with Crippen LogP contribution < -0.4 is 10.1 Å². The molecule has 1 aromatic carbocycles. The summed E-state index contributed by atoms with van der Waals surface area (Å²) in [5, 5.41) is 13.9. The van der Waals surface area contributed by atoms with Gasteiger partial charge < -0.3 is 10.1 Å². The van der Waals surface area contributed by atoms with E-state index < -0.39 is 4.92 Å². The van der Waals surface area contributed by atoms with Crippen LogP contribution in [0.15, 0.2) is 24.3 Å². The number of non-ortho nitro benzene ring substituents is 1. The number of hydrogen-bond acceptors (Lipinski definition) is 4. The van der Waals surface area contributed by atoms with Gasteiger partial charge in [-0.05, 0) is 25.5 Å². The van der Waals surface area contributed by atoms with Gasteiger partial charge in [0.25, 0.3) is 5.69 Å². The first-order chi connectivity index (χ1) is 8.25. The minimum Gasteiger partial charge on any atom is -0.493 e. The van der Waals surface area contributed by atoms with E-state index in [0.29, 0.717) is 18.3 Å². The average Bonchev–Trinajstić information content (AvgIpc) is 2.38. The zero-order valence-electron chi connectivity index (χ0n) is 9.59. The van der Waals surface area contributed by atoms with Crippen LogP contribution in [0.5, 0.6) is 5.75 Å². The molecule has 1 fully saturated rings. The smallest absolute Gasteiger partial charge is 0.273 e. The Morgan fingerprint density at radius 1 is 1.53 bits per heavy atom. The summed E-state index contributed by atoms with van der Waals surface area (Å²) in [6, 6.07) is 6.33. The lowest BCUT2D eigenvalue weighted by Crippen LogP contribution is -2.33. The van der Waals surface area contributed by atoms with Gasteiger partial charge in [0.15, 0.2) is 0 Å². The highest BCUT2D eigenvalue weighted by molar-refractivity contribution is 5.37. The monoisotopic (exact) mass is 236 g/mol. The summed E-state index contributed by atoms with van der Waals surface area (Å²) in [6.07, 6.45) is 2.32. The Hall–Kier alpha value is -1.62. The summed E-state index contributed by atoms with van der Waals surface area (Å²) in [6.45, 7) is 2.66. The molecule has 1 heterocycles. The zero-order valence-corrected chi connectivity index (χ0v) is 9.59. The first-order valence-corrected chi connectivity index (χ1v) is 5.83. The molecule has 0 aliphatic carbocycles. The molecule has 1 aliphatic heterocycles. The van der Waals surface area contributed by atoms with Crippen LogP contribution >= 0.6 is 0 Å². The normalized spacial score (nSPS) is 19.9. The van der Waals surface area contributed by atoms with Crippen molar-refractivity contribution in [1.82, 2.24) is 5.32 Å². The van der Waals surface area contributed by atoms with Gasteiger partial charge in [0.05, 0.1) is 17.6 Å². The fourth-order valence-electron chi connectivity index (χ4n) is 1.97. The Morgan fingerprint density at radius 3 is 3.12 bits per heavy atom. The summed E-state index contributed by atoms with van der Waals surface area (Å²) >= 11 is 0. The van der Waals surface area contributed by atoms with Gasteiger partial charge in [0.2, 0.25) is 0 Å². The van der Waals surface area contributed by atoms with Crippen molar-refractivity contribution < 1.29 is 9.66 Å². The van der Waals surface area contributed by atoms with E-state index >= 15 is 0 Å². The van der Waals surface area contributed by atoms with E-state index in [4.69, 9.17) is 4.74 Å². The van der Waals surface area contributed by atoms with E-state index in [9.17, 15) is 10.1 Å². The second-order valence-electron chi connectivity index (χ2n) is 4.28. The molecular formula is C12H16N2O3. The summed E-state index contributed by atoms with van der Waals surface area (Å²) in [5.41, 5.74) is 0.0734. The molecule has 1 atom stereocenters. The van der Waals surface area contributed by atoms with Crippen molar-refractivity contribution in [2.75, 3.05) is 19.7 Å². The number of benzene rings is 1. The van der Waals surface area contributed by atoms with Crippen molar-refractivity contribution in [3.8, 4) is 5.75 Å². The van der Waals surface area contributed by atoms with Crippen molar-refractivity contribution in [1.29, 1.82) is 0 Å². The number of nitrogens with zero attached hydrogens (tertiary/aromatic N) is 1. The minimum atomic E-state index is -0.408. The molecule has 92 valence electrons. The number of nitro benzene ring substituents is 1. The minimum absolute atomic E-state index is 0.0734. The second kappa shape index (κ2) is 5.63. The molecule has 5 nitrogen and oxygen atoms in total. The number of ether oxygens (including phenoxy) is 1. The van der Waals surface area contributed by atoms with Crippen molar-refractivity contribution >= 4 is 5.69 Å². The summed E-state index contributed by atoms with van der Waals surface area (Å²) in [4.78, 5) is 10.2. The van der Waals surface area contributed by atoms with Gasteiger partial charge in [-0.3, -0.25) is 10.1 Å². The zero-order chi connectivity index (χ0) is 12.1. The first kappa shape index (κ1) is 11.9. The molecule has 1 aliphatic rings. The van der Waals surface area contributed by atoms with Crippen LogP contribution in [0.25, 0.3) is 0 Å². The van der Waals surface area contributed by atoms with Crippen molar-refractivity contribution in [3.05, 3.63) is 34.4 Å². The molecule has 0 bridgehead atoms. The molecule has 0 aromatic heterocycles. The molecule has 2 rings (SSSR count). The van der Waals surface area contributed by atoms with E-state index in [0.717, 1.165) is 19.5 Å². The number of piperidine rings is 1. The van der Waals surface area contributed by atoms with E-state index in [1.54, 1.807) is 12.1 Å². The number of hydrogen-bond donors (Lipinski definition) is 1. The van der Waals surface area contributed by atoms with Gasteiger partial charge in [0.1, 0.15) is 5.75 Å². The number of rotatable bonds is 4. The van der Waals surface area contributed by atoms with Crippen molar-refractivity contribution in [2.24, 2.45) is 5.92 Å². The Kier molecular flexibility index (Phi) is 3.93. The van der Waals surface area contributed by atoms with Crippen LogP contribution in [-0.4, -0.2) is 24.6 Å². The maximum absolute atomic E-state index is 10.6. The lowest BCUT2D eigenvalue weighted by atomic mass is 10.0. The van der Waals surface area contributed by atoms with Gasteiger partial charge in [0, 0.05) is 18.5 Å². The highest BCUT2D eigenvalue weighted by atomic mass is 16.6. The molecule has 1 aromatic rings. The molecule has 0 saturated carbocycles. The SMILES string of the molecule is O=[N+]([O-])c1cccc(OC[C@H]2CCCNC2)c1. The summed E-state index contributed by atoms with van der Waals surface area (Å²) in [5.74, 6) is 1.08. The quantitative estimate of drug-likeness (QED) is 0.641. The lowest BCUT2D eigenvalue weighted by Gasteiger charge is -2.22. The largest absolute Gasteiger partial charge is 0.493 e. The topological polar surface area (TPSA) is 64.4 Å². The summed E-state index contributed by atoms with van der Waals surface area (Å²) in [7, 11) is 0. The van der Waals surface area contributed by atoms with Gasteiger partial charge in [-0.2, -0.15) is 0 Å². The average molecular weight is 236 g/mol. The third kappa shape index (κ3) is 3.42. The third-order valence-electron chi connectivity index (χ3n) is 2.91. The second-order valence-corrected chi connectivity index (χ2v) is 4.28. The fourth-order valence-corrected chi connectivity index (χ4v) is 1.97. The van der Waals surface area contributed by atoms with Crippen LogP contribution in [0, 0.1) is 16.0 Å². The molecule has 0 unspecified atom stereocenters. The highest BCUT2D eigenvalue weighted by Crippen LogP contribution is 2.20. The fraction of sp³-hybridized carbons (Fsp3) is 0.500. The Balaban J connectivity index is 1.89. The van der Waals surface area contributed by atoms with Gasteiger partial charge in [-0.15, -0.1) is 0 Å². The van der Waals surface area contributed by atoms with E-state index in [1.165, 1.54) is 18.6 Å². The Labute approximate surface area is 99.9 Å². The van der Waals surface area contributed by atoms with Crippen molar-refractivity contribution in [3.63, 3.8) is 0 Å². The van der Waals surface area contributed by atoms with E-state index in [1.807, 2.05) is 0 Å². The van der Waals surface area contributed by atoms with E-state index in [2.05, 4.69) is 5.32 Å². The maximum Gasteiger partial charge on any atom is 0.273 e. The van der Waals surface area contributed by atoms with Crippen LogP contribution in [0.2, 0.25) is 0 Å². The van der Waals surface area contributed by atoms with Crippen LogP contribution in [0.1, 0.15) is 12.8 Å². The van der Waals surface area contributed by atoms with Crippen molar-refractivity contribution in [2.45, 2.75) is 12.8 Å². The van der Waals surface area contributed by atoms with E-state index in [-0.39, 0.29) is 5.69 Å². The highest BCUT2D eigenvalue weighted by Gasteiger charge is 2.14. The molecule has 17 heavy (non-hydrogen) atoms. The number of nitrogens with one attached hydrogen (secondary N) is 1. The van der Waals surface area contributed by atoms with Gasteiger partial charge in [-0.1, -0.05) is 6.07 Å². The van der Waals surface area contributed by atoms with Crippen LogP contribution in [-0.2, 0) is 0 Å². The molecule has 1 N–H and O–H groups in total. The van der Waals surface area contributed by atoms with Gasteiger partial charge in [-0.25, -0.2) is 0 Å². The van der Waals surface area contributed by atoms with Crippen LogP contribution in [0.3, 0.4) is 0 Å². The summed E-state index contributed by atoms with van der Waals surface area (Å²) < 4.78 is 5.59. The molecule has 0 spiro atoms. The van der Waals surface area contributed by atoms with Crippen LogP contribution in [0.4, 0.5) is 5.69 Å². The molecule has 0 amide bonds. The predicted octanol–water partition coefficient (Wildman–Crippen LogP) is 1.97. The predicted molar refractivity (Wildman–Crippen MR) is 64.2 cm³/mol. The van der Waals surface area contributed by atoms with Gasteiger partial charge >= 0.3 is 0 Å². The lowest BCUT2D eigenvalue weighted by molar-refractivity contribution is -0.384. The molecule has 1 saturated heterocycles. The Bertz CT molecular complexity index is 389. The third-order valence-corrected chi connectivity index (χ3v) is 2.91. The molecule has 0 radical (unpaired) electrons. The standard InChI is InChI=1S/C12H16N2O3/c15-14(16)11-4-1-5-12(7-11)17-9-10-3-2-6-13-8-10/h1,4-5,7,10,13H,2-3,6,8-9H2/t10-/m0/s1. The number of nitro groups is 1. The molecular weight excluding hydrogens is 220 g/mol.